The second-order valence-corrected chi connectivity index (χ2v) is 14.2. The van der Waals surface area contributed by atoms with E-state index in [2.05, 4.69) is 90.1 Å². The highest BCUT2D eigenvalue weighted by molar-refractivity contribution is 7.85. The zero-order valence-corrected chi connectivity index (χ0v) is 23.2. The van der Waals surface area contributed by atoms with Gasteiger partial charge in [-0.05, 0) is 52.3 Å². The standard InChI is InChI=1S/C20H26I.C6H5NO5S/c1-19(2,3)15-7-11-17(12-8-15)21-18-13-9-16(10-14-18)20(4,5)6;8-7(9)5-2-1-3-6(4-5)13(10,11)12/h7-14H,1-6H3;1-4H,(H,10,11,12)/q+1;/p-1. The van der Waals surface area contributed by atoms with Gasteiger partial charge in [0.2, 0.25) is 0 Å². The molecule has 0 N–H and O–H groups in total. The first-order chi connectivity index (χ1) is 15.6. The minimum absolute atomic E-state index is 0.0703. The molecule has 0 saturated heterocycles. The molecule has 182 valence electrons. The van der Waals surface area contributed by atoms with E-state index in [1.807, 2.05) is 0 Å². The molecule has 3 rings (SSSR count). The average molecular weight is 595 g/mol. The Hall–Kier alpha value is -2.30. The summed E-state index contributed by atoms with van der Waals surface area (Å²) in [5, 5.41) is 10.2. The van der Waals surface area contributed by atoms with Gasteiger partial charge in [-0.1, -0.05) is 71.9 Å². The molecule has 0 amide bonds. The average Bonchev–Trinajstić information content (AvgIpc) is 2.73. The molecular weight excluding hydrogens is 565 g/mol. The van der Waals surface area contributed by atoms with Gasteiger partial charge in [0.1, 0.15) is 10.1 Å². The zero-order chi connectivity index (χ0) is 25.7. The number of benzene rings is 3. The topological polar surface area (TPSA) is 100 Å². The van der Waals surface area contributed by atoms with Crippen LogP contribution >= 0.6 is 0 Å². The first-order valence-electron chi connectivity index (χ1n) is 10.6. The fourth-order valence-electron chi connectivity index (χ4n) is 2.90. The van der Waals surface area contributed by atoms with Gasteiger partial charge in [0.25, 0.3) is 5.69 Å². The van der Waals surface area contributed by atoms with Crippen LogP contribution in [0.25, 0.3) is 0 Å². The van der Waals surface area contributed by atoms with Crippen molar-refractivity contribution >= 4 is 15.8 Å². The summed E-state index contributed by atoms with van der Waals surface area (Å²) < 4.78 is 34.3. The summed E-state index contributed by atoms with van der Waals surface area (Å²) in [6.45, 7) is 13.6. The van der Waals surface area contributed by atoms with Crippen LogP contribution in [-0.2, 0) is 20.9 Å². The zero-order valence-electron chi connectivity index (χ0n) is 20.2. The van der Waals surface area contributed by atoms with Gasteiger partial charge < -0.3 is 4.55 Å². The fourth-order valence-corrected chi connectivity index (χ4v) is 5.57. The maximum Gasteiger partial charge on any atom is 0.357 e. The van der Waals surface area contributed by atoms with Crippen LogP contribution in [0.1, 0.15) is 52.7 Å². The quantitative estimate of drug-likeness (QED) is 0.200. The molecule has 0 atom stereocenters. The number of nitro groups is 1. The third-order valence-corrected chi connectivity index (χ3v) is 8.47. The number of halogens is 1. The Kier molecular flexibility index (Phi) is 9.01. The Balaban J connectivity index is 0.000000270. The van der Waals surface area contributed by atoms with Crippen LogP contribution in [-0.4, -0.2) is 17.9 Å². The van der Waals surface area contributed by atoms with Crippen molar-refractivity contribution in [3.05, 3.63) is 101 Å². The number of non-ortho nitro benzene ring substituents is 1. The number of nitrogens with zero attached hydrogens (tertiary/aromatic N) is 1. The van der Waals surface area contributed by atoms with E-state index in [0.717, 1.165) is 24.3 Å². The molecule has 0 bridgehead atoms. The summed E-state index contributed by atoms with van der Waals surface area (Å²) in [6.07, 6.45) is 0. The van der Waals surface area contributed by atoms with E-state index in [9.17, 15) is 23.1 Å². The summed E-state index contributed by atoms with van der Waals surface area (Å²) >= 11 is -0.0703. The minimum atomic E-state index is -4.61. The van der Waals surface area contributed by atoms with Crippen LogP contribution in [0, 0.1) is 17.3 Å². The predicted molar refractivity (Wildman–Crippen MR) is 129 cm³/mol. The van der Waals surface area contributed by atoms with Crippen LogP contribution in [0.15, 0.2) is 77.7 Å². The third-order valence-electron chi connectivity index (χ3n) is 4.96. The van der Waals surface area contributed by atoms with E-state index in [0.29, 0.717) is 0 Å². The second-order valence-electron chi connectivity index (χ2n) is 9.82. The van der Waals surface area contributed by atoms with Crippen molar-refractivity contribution in [2.24, 2.45) is 0 Å². The fraction of sp³-hybridized carbons (Fsp3) is 0.308. The van der Waals surface area contributed by atoms with Crippen LogP contribution in [0.5, 0.6) is 0 Å². The van der Waals surface area contributed by atoms with Crippen LogP contribution in [0.3, 0.4) is 0 Å². The van der Waals surface area contributed by atoms with Crippen molar-refractivity contribution in [3.8, 4) is 0 Å². The summed E-state index contributed by atoms with van der Waals surface area (Å²) in [7, 11) is -4.61. The highest BCUT2D eigenvalue weighted by atomic mass is 127. The van der Waals surface area contributed by atoms with Gasteiger partial charge in [-0.15, -0.1) is 0 Å². The summed E-state index contributed by atoms with van der Waals surface area (Å²) in [6, 6.07) is 22.4. The molecular formula is C26H30INO5S. The van der Waals surface area contributed by atoms with Gasteiger partial charge in [-0.3, -0.25) is 10.1 Å². The van der Waals surface area contributed by atoms with Crippen molar-refractivity contribution < 1.29 is 39.1 Å². The predicted octanol–water partition coefficient (Wildman–Crippen LogP) is 2.91. The van der Waals surface area contributed by atoms with Crippen molar-refractivity contribution in [1.82, 2.24) is 0 Å². The first-order valence-corrected chi connectivity index (χ1v) is 14.2. The number of rotatable bonds is 4. The Morgan fingerprint density at radius 1 is 0.735 bits per heavy atom. The van der Waals surface area contributed by atoms with Gasteiger partial charge in [0, 0.05) is 12.1 Å². The minimum Gasteiger partial charge on any atom is -0.744 e. The van der Waals surface area contributed by atoms with Crippen molar-refractivity contribution in [2.75, 3.05) is 0 Å². The monoisotopic (exact) mass is 595 g/mol. The SMILES string of the molecule is CC(C)(C)c1ccc([I+]c2ccc(C(C)(C)C)cc2)cc1.O=[N+]([O-])c1cccc(S(=O)(=O)[O-])c1. The van der Waals surface area contributed by atoms with E-state index < -0.39 is 25.6 Å². The van der Waals surface area contributed by atoms with E-state index in [-0.39, 0.29) is 32.0 Å². The maximum atomic E-state index is 10.4. The third kappa shape index (κ3) is 8.48. The molecule has 0 aromatic heterocycles. The molecule has 0 aliphatic heterocycles. The number of hydrogen-bond donors (Lipinski definition) is 0. The van der Waals surface area contributed by atoms with Crippen molar-refractivity contribution in [3.63, 3.8) is 0 Å². The van der Waals surface area contributed by atoms with Gasteiger partial charge in [-0.25, -0.2) is 8.42 Å². The molecule has 0 heterocycles. The molecule has 34 heavy (non-hydrogen) atoms. The van der Waals surface area contributed by atoms with Crippen LogP contribution in [0.4, 0.5) is 5.69 Å². The molecule has 0 unspecified atom stereocenters. The number of hydrogen-bond acceptors (Lipinski definition) is 5. The number of nitro benzene ring substituents is 1. The molecule has 8 heteroatoms. The van der Waals surface area contributed by atoms with Crippen LogP contribution in [0.2, 0.25) is 0 Å². The molecule has 0 aliphatic rings. The Labute approximate surface area is 212 Å². The molecule has 0 spiro atoms. The van der Waals surface area contributed by atoms with Crippen molar-refractivity contribution in [1.29, 1.82) is 0 Å². The van der Waals surface area contributed by atoms with E-state index in [1.54, 1.807) is 0 Å². The summed E-state index contributed by atoms with van der Waals surface area (Å²) in [4.78, 5) is 8.82. The lowest BCUT2D eigenvalue weighted by molar-refractivity contribution is -0.597. The van der Waals surface area contributed by atoms with E-state index >= 15 is 0 Å². The molecule has 0 saturated carbocycles. The molecule has 3 aromatic rings. The smallest absolute Gasteiger partial charge is 0.357 e. The van der Waals surface area contributed by atoms with Gasteiger partial charge in [-0.2, -0.15) is 0 Å². The Morgan fingerprint density at radius 3 is 1.47 bits per heavy atom. The summed E-state index contributed by atoms with van der Waals surface area (Å²) in [5.41, 5.74) is 2.89. The lowest BCUT2D eigenvalue weighted by atomic mass is 9.87. The van der Waals surface area contributed by atoms with Crippen LogP contribution < -0.4 is 21.2 Å². The van der Waals surface area contributed by atoms with E-state index in [4.69, 9.17) is 0 Å². The maximum absolute atomic E-state index is 10.4. The Bertz CT molecular complexity index is 1170. The molecule has 0 radical (unpaired) electrons. The van der Waals surface area contributed by atoms with Crippen molar-refractivity contribution in [2.45, 2.75) is 57.3 Å². The first kappa shape index (κ1) is 27.9. The highest BCUT2D eigenvalue weighted by Crippen LogP contribution is 2.22. The normalized spacial score (nSPS) is 12.0. The van der Waals surface area contributed by atoms with Gasteiger partial charge in [0.15, 0.2) is 7.14 Å². The highest BCUT2D eigenvalue weighted by Gasteiger charge is 2.20. The van der Waals surface area contributed by atoms with E-state index in [1.165, 1.54) is 18.3 Å². The van der Waals surface area contributed by atoms with Gasteiger partial charge in [0.05, 0.1) is 9.82 Å². The lowest BCUT2D eigenvalue weighted by Gasteiger charge is -2.18. The molecule has 3 aromatic carbocycles. The Morgan fingerprint density at radius 2 is 1.15 bits per heavy atom. The molecule has 0 aliphatic carbocycles. The molecule has 0 fully saturated rings. The largest absolute Gasteiger partial charge is 0.744 e. The summed E-state index contributed by atoms with van der Waals surface area (Å²) in [5.74, 6) is 0. The lowest BCUT2D eigenvalue weighted by Crippen LogP contribution is -3.61. The van der Waals surface area contributed by atoms with Gasteiger partial charge >= 0.3 is 21.2 Å². The molecule has 6 nitrogen and oxygen atoms in total. The second kappa shape index (κ2) is 11.0.